The lowest BCUT2D eigenvalue weighted by Crippen LogP contribution is -2.47. The number of carboxylic acid groups (broad SMARTS) is 1. The molecule has 0 aromatic rings. The van der Waals surface area contributed by atoms with Crippen LogP contribution in [0.15, 0.2) is 0 Å². The van der Waals surface area contributed by atoms with Gasteiger partial charge in [-0.25, -0.2) is 0 Å². The Hall–Kier alpha value is -0.610. The molecule has 0 unspecified atom stereocenters. The zero-order valence-electron chi connectivity index (χ0n) is 9.95. The monoisotopic (exact) mass is 227 g/mol. The van der Waals surface area contributed by atoms with Gasteiger partial charge in [0, 0.05) is 19.1 Å². The summed E-state index contributed by atoms with van der Waals surface area (Å²) in [6, 6.07) is 0.580. The molecule has 92 valence electrons. The second-order valence-corrected chi connectivity index (χ2v) is 5.25. The largest absolute Gasteiger partial charge is 0.481 e. The van der Waals surface area contributed by atoms with Crippen LogP contribution >= 0.6 is 0 Å². The minimum absolute atomic E-state index is 0.483. The smallest absolute Gasteiger partial charge is 0.309 e. The molecule has 1 aliphatic carbocycles. The Morgan fingerprint density at radius 2 is 1.88 bits per heavy atom. The fourth-order valence-electron chi connectivity index (χ4n) is 2.76. The fraction of sp³-hybridized carbons (Fsp3) is 0.917. The summed E-state index contributed by atoms with van der Waals surface area (Å²) < 4.78 is 5.33. The van der Waals surface area contributed by atoms with E-state index in [0.29, 0.717) is 6.04 Å². The Morgan fingerprint density at radius 3 is 2.38 bits per heavy atom. The van der Waals surface area contributed by atoms with Crippen LogP contribution in [0.2, 0.25) is 0 Å². The maximum Gasteiger partial charge on any atom is 0.309 e. The van der Waals surface area contributed by atoms with Crippen LogP contribution in [-0.2, 0) is 9.53 Å². The number of hydrogen-bond donors (Lipinski definition) is 1. The summed E-state index contributed by atoms with van der Waals surface area (Å²) >= 11 is 0. The van der Waals surface area contributed by atoms with E-state index in [9.17, 15) is 4.79 Å². The van der Waals surface area contributed by atoms with Gasteiger partial charge in [-0.1, -0.05) is 0 Å². The number of carboxylic acids is 1. The maximum atomic E-state index is 11.1. The van der Waals surface area contributed by atoms with E-state index in [1.54, 1.807) is 0 Å². The van der Waals surface area contributed by atoms with Gasteiger partial charge < -0.3 is 9.84 Å². The van der Waals surface area contributed by atoms with Gasteiger partial charge in [0.05, 0.1) is 18.6 Å². The molecule has 2 fully saturated rings. The van der Waals surface area contributed by atoms with Crippen molar-refractivity contribution in [1.82, 2.24) is 4.90 Å². The molecule has 1 saturated carbocycles. The minimum Gasteiger partial charge on any atom is -0.481 e. The molecule has 4 heteroatoms. The third-order valence-electron chi connectivity index (χ3n) is 4.14. The predicted octanol–water partition coefficient (Wildman–Crippen LogP) is 1.35. The van der Waals surface area contributed by atoms with E-state index >= 15 is 0 Å². The summed E-state index contributed by atoms with van der Waals surface area (Å²) in [6.07, 6.45) is 3.65. The van der Waals surface area contributed by atoms with Gasteiger partial charge in [0.15, 0.2) is 0 Å². The Morgan fingerprint density at radius 1 is 1.31 bits per heavy atom. The van der Waals surface area contributed by atoms with Crippen LogP contribution in [-0.4, -0.2) is 48.3 Å². The first-order chi connectivity index (χ1) is 7.62. The number of aliphatic carboxylic acids is 1. The summed E-state index contributed by atoms with van der Waals surface area (Å²) in [5.41, 5.74) is -0.483. The number of carbonyl (C=O) groups is 1. The van der Waals surface area contributed by atoms with Crippen molar-refractivity contribution >= 4 is 5.97 Å². The summed E-state index contributed by atoms with van der Waals surface area (Å²) in [7, 11) is 0. The van der Waals surface area contributed by atoms with Crippen LogP contribution in [0.25, 0.3) is 0 Å². The molecule has 1 saturated heterocycles. The van der Waals surface area contributed by atoms with E-state index in [0.717, 1.165) is 52.0 Å². The van der Waals surface area contributed by atoms with Gasteiger partial charge in [-0.3, -0.25) is 9.69 Å². The highest BCUT2D eigenvalue weighted by molar-refractivity contribution is 5.74. The lowest BCUT2D eigenvalue weighted by atomic mass is 9.73. The fourth-order valence-corrected chi connectivity index (χ4v) is 2.76. The summed E-state index contributed by atoms with van der Waals surface area (Å²) in [4.78, 5) is 13.6. The zero-order valence-corrected chi connectivity index (χ0v) is 9.95. The van der Waals surface area contributed by atoms with Crippen molar-refractivity contribution in [3.05, 3.63) is 0 Å². The van der Waals surface area contributed by atoms with Gasteiger partial charge in [-0.2, -0.15) is 0 Å². The SMILES string of the molecule is CC1(C(=O)O)CCC(N2CCOCC2)CC1. The number of hydrogen-bond acceptors (Lipinski definition) is 3. The van der Waals surface area contributed by atoms with Crippen molar-refractivity contribution in [3.63, 3.8) is 0 Å². The van der Waals surface area contributed by atoms with Crippen molar-refractivity contribution in [2.45, 2.75) is 38.6 Å². The molecule has 2 aliphatic rings. The average molecular weight is 227 g/mol. The van der Waals surface area contributed by atoms with Gasteiger partial charge in [0.2, 0.25) is 0 Å². The van der Waals surface area contributed by atoms with Crippen molar-refractivity contribution < 1.29 is 14.6 Å². The molecule has 16 heavy (non-hydrogen) atoms. The quantitative estimate of drug-likeness (QED) is 0.773. The van der Waals surface area contributed by atoms with Crippen LogP contribution in [0.5, 0.6) is 0 Å². The molecule has 0 amide bonds. The average Bonchev–Trinajstić information content (AvgIpc) is 2.31. The predicted molar refractivity (Wildman–Crippen MR) is 60.4 cm³/mol. The lowest BCUT2D eigenvalue weighted by Gasteiger charge is -2.41. The topological polar surface area (TPSA) is 49.8 Å². The highest BCUT2D eigenvalue weighted by atomic mass is 16.5. The standard InChI is InChI=1S/C12H21NO3/c1-12(11(14)15)4-2-10(3-5-12)13-6-8-16-9-7-13/h10H,2-9H2,1H3,(H,14,15). The zero-order chi connectivity index (χ0) is 11.6. The van der Waals surface area contributed by atoms with Crippen LogP contribution in [0.1, 0.15) is 32.6 Å². The Balaban J connectivity index is 1.87. The van der Waals surface area contributed by atoms with Crippen molar-refractivity contribution in [2.75, 3.05) is 26.3 Å². The third-order valence-corrected chi connectivity index (χ3v) is 4.14. The number of rotatable bonds is 2. The first-order valence-corrected chi connectivity index (χ1v) is 6.17. The highest BCUT2D eigenvalue weighted by Crippen LogP contribution is 2.37. The number of morpholine rings is 1. The van der Waals surface area contributed by atoms with Gasteiger partial charge in [0.1, 0.15) is 0 Å². The van der Waals surface area contributed by atoms with Crippen molar-refractivity contribution in [3.8, 4) is 0 Å². The molecule has 0 spiro atoms. The van der Waals surface area contributed by atoms with Crippen molar-refractivity contribution in [1.29, 1.82) is 0 Å². The molecule has 0 radical (unpaired) electrons. The summed E-state index contributed by atoms with van der Waals surface area (Å²) in [6.45, 7) is 5.55. The van der Waals surface area contributed by atoms with Crippen LogP contribution in [0.3, 0.4) is 0 Å². The second kappa shape index (κ2) is 4.72. The molecule has 0 aromatic carbocycles. The van der Waals surface area contributed by atoms with E-state index in [1.165, 1.54) is 0 Å². The maximum absolute atomic E-state index is 11.1. The number of ether oxygens (including phenoxy) is 1. The molecule has 0 aromatic heterocycles. The molecule has 1 heterocycles. The van der Waals surface area contributed by atoms with E-state index in [1.807, 2.05) is 6.92 Å². The van der Waals surface area contributed by atoms with E-state index in [4.69, 9.17) is 9.84 Å². The molecular formula is C12H21NO3. The number of nitrogens with zero attached hydrogens (tertiary/aromatic N) is 1. The van der Waals surface area contributed by atoms with E-state index in [-0.39, 0.29) is 0 Å². The van der Waals surface area contributed by atoms with Crippen LogP contribution in [0, 0.1) is 5.41 Å². The Kier molecular flexibility index (Phi) is 3.50. The second-order valence-electron chi connectivity index (χ2n) is 5.25. The lowest BCUT2D eigenvalue weighted by molar-refractivity contribution is -0.150. The molecule has 0 bridgehead atoms. The van der Waals surface area contributed by atoms with Gasteiger partial charge in [-0.15, -0.1) is 0 Å². The van der Waals surface area contributed by atoms with E-state index < -0.39 is 11.4 Å². The van der Waals surface area contributed by atoms with E-state index in [2.05, 4.69) is 4.90 Å². The van der Waals surface area contributed by atoms with Gasteiger partial charge in [-0.05, 0) is 32.6 Å². The first-order valence-electron chi connectivity index (χ1n) is 6.17. The molecule has 1 aliphatic heterocycles. The molecule has 0 atom stereocenters. The highest BCUT2D eigenvalue weighted by Gasteiger charge is 2.39. The molecule has 1 N–H and O–H groups in total. The Labute approximate surface area is 96.6 Å². The summed E-state index contributed by atoms with van der Waals surface area (Å²) in [5, 5.41) is 9.16. The first kappa shape index (κ1) is 11.9. The van der Waals surface area contributed by atoms with Gasteiger partial charge >= 0.3 is 5.97 Å². The minimum atomic E-state index is -0.632. The molecular weight excluding hydrogens is 206 g/mol. The molecule has 4 nitrogen and oxygen atoms in total. The normalized spacial score (nSPS) is 37.2. The Bertz CT molecular complexity index is 253. The van der Waals surface area contributed by atoms with Crippen LogP contribution < -0.4 is 0 Å². The van der Waals surface area contributed by atoms with Gasteiger partial charge in [0.25, 0.3) is 0 Å². The molecule has 2 rings (SSSR count). The van der Waals surface area contributed by atoms with Crippen LogP contribution in [0.4, 0.5) is 0 Å². The summed E-state index contributed by atoms with van der Waals surface area (Å²) in [5.74, 6) is -0.632. The van der Waals surface area contributed by atoms with Crippen molar-refractivity contribution in [2.24, 2.45) is 5.41 Å². The third kappa shape index (κ3) is 2.38.